The van der Waals surface area contributed by atoms with Gasteiger partial charge in [0.15, 0.2) is 0 Å². The molecule has 1 heterocycles. The summed E-state index contributed by atoms with van der Waals surface area (Å²) in [5.41, 5.74) is 5.46. The summed E-state index contributed by atoms with van der Waals surface area (Å²) >= 11 is 0. The van der Waals surface area contributed by atoms with Crippen LogP contribution in [0.4, 0.5) is 0 Å². The van der Waals surface area contributed by atoms with Crippen LogP contribution in [0.3, 0.4) is 0 Å². The molecular formula is C16H33ClN2O2. The van der Waals surface area contributed by atoms with Gasteiger partial charge in [0.25, 0.3) is 0 Å². The lowest BCUT2D eigenvalue weighted by atomic mass is 9.96. The molecule has 4 nitrogen and oxygen atoms in total. The Labute approximate surface area is 136 Å². The van der Waals surface area contributed by atoms with Crippen LogP contribution in [0.15, 0.2) is 0 Å². The minimum absolute atomic E-state index is 0. The molecule has 1 rings (SSSR count). The summed E-state index contributed by atoms with van der Waals surface area (Å²) in [6.07, 6.45) is 7.52. The van der Waals surface area contributed by atoms with Crippen LogP contribution in [0.25, 0.3) is 0 Å². The van der Waals surface area contributed by atoms with Crippen molar-refractivity contribution in [1.29, 1.82) is 0 Å². The number of unbranched alkanes of at least 4 members (excludes halogenated alkanes) is 1. The summed E-state index contributed by atoms with van der Waals surface area (Å²) in [7, 11) is 0. The summed E-state index contributed by atoms with van der Waals surface area (Å²) in [6, 6.07) is 0. The minimum atomic E-state index is 0. The van der Waals surface area contributed by atoms with Crippen molar-refractivity contribution in [1.82, 2.24) is 4.90 Å². The molecule has 1 atom stereocenters. The van der Waals surface area contributed by atoms with Crippen molar-refractivity contribution in [2.45, 2.75) is 64.9 Å². The van der Waals surface area contributed by atoms with E-state index in [9.17, 15) is 4.79 Å². The lowest BCUT2D eigenvalue weighted by Crippen LogP contribution is -2.43. The smallest absolute Gasteiger partial charge is 0.225 e. The Hall–Kier alpha value is -0.320. The lowest BCUT2D eigenvalue weighted by molar-refractivity contribution is -0.138. The molecule has 126 valence electrons. The van der Waals surface area contributed by atoms with Gasteiger partial charge in [-0.2, -0.15) is 0 Å². The van der Waals surface area contributed by atoms with Crippen molar-refractivity contribution in [2.24, 2.45) is 11.7 Å². The second-order valence-corrected chi connectivity index (χ2v) is 5.79. The highest BCUT2D eigenvalue weighted by atomic mass is 35.5. The monoisotopic (exact) mass is 320 g/mol. The van der Waals surface area contributed by atoms with Gasteiger partial charge in [-0.1, -0.05) is 26.7 Å². The molecule has 5 heteroatoms. The Balaban J connectivity index is 0.00000400. The standard InChI is InChI=1S/C16H32N2O2.ClH/c1-3-5-7-14(4-2)16(19)18-11-8-15(9-12-18)20-13-6-10-17;/h14-15H,3-13,17H2,1-2H3;1H. The van der Waals surface area contributed by atoms with Gasteiger partial charge >= 0.3 is 0 Å². The molecule has 0 bridgehead atoms. The van der Waals surface area contributed by atoms with Gasteiger partial charge in [0.2, 0.25) is 5.91 Å². The number of ether oxygens (including phenoxy) is 1. The van der Waals surface area contributed by atoms with Crippen LogP contribution in [0.5, 0.6) is 0 Å². The lowest BCUT2D eigenvalue weighted by Gasteiger charge is -2.34. The van der Waals surface area contributed by atoms with E-state index in [0.717, 1.165) is 58.2 Å². The van der Waals surface area contributed by atoms with Gasteiger partial charge in [0.05, 0.1) is 6.10 Å². The van der Waals surface area contributed by atoms with E-state index in [1.165, 1.54) is 6.42 Å². The van der Waals surface area contributed by atoms with Crippen LogP contribution < -0.4 is 5.73 Å². The summed E-state index contributed by atoms with van der Waals surface area (Å²) in [4.78, 5) is 14.5. The van der Waals surface area contributed by atoms with Gasteiger partial charge in [-0.05, 0) is 38.6 Å². The van der Waals surface area contributed by atoms with E-state index in [2.05, 4.69) is 13.8 Å². The Bertz CT molecular complexity index is 269. The summed E-state index contributed by atoms with van der Waals surface area (Å²) in [6.45, 7) is 7.46. The van der Waals surface area contributed by atoms with Crippen molar-refractivity contribution in [3.8, 4) is 0 Å². The number of piperidine rings is 1. The molecule has 1 aliphatic heterocycles. The highest BCUT2D eigenvalue weighted by Gasteiger charge is 2.27. The van der Waals surface area contributed by atoms with E-state index >= 15 is 0 Å². The van der Waals surface area contributed by atoms with E-state index in [0.29, 0.717) is 18.6 Å². The molecule has 0 aliphatic carbocycles. The first-order valence-corrected chi connectivity index (χ1v) is 8.33. The molecule has 0 aromatic carbocycles. The minimum Gasteiger partial charge on any atom is -0.378 e. The molecule has 1 aliphatic rings. The van der Waals surface area contributed by atoms with Crippen molar-refractivity contribution >= 4 is 18.3 Å². The summed E-state index contributed by atoms with van der Waals surface area (Å²) in [5, 5.41) is 0. The fraction of sp³-hybridized carbons (Fsp3) is 0.938. The molecular weight excluding hydrogens is 288 g/mol. The Kier molecular flexibility index (Phi) is 12.1. The summed E-state index contributed by atoms with van der Waals surface area (Å²) in [5.74, 6) is 0.589. The van der Waals surface area contributed by atoms with E-state index in [4.69, 9.17) is 10.5 Å². The average molecular weight is 321 g/mol. The maximum absolute atomic E-state index is 12.5. The number of carbonyl (C=O) groups excluding carboxylic acids is 1. The zero-order valence-corrected chi connectivity index (χ0v) is 14.5. The number of hydrogen-bond acceptors (Lipinski definition) is 3. The first-order valence-electron chi connectivity index (χ1n) is 8.33. The SMILES string of the molecule is CCCCC(CC)C(=O)N1CCC(OCCCN)CC1.Cl. The quantitative estimate of drug-likeness (QED) is 0.664. The number of likely N-dealkylation sites (tertiary alicyclic amines) is 1. The topological polar surface area (TPSA) is 55.6 Å². The second-order valence-electron chi connectivity index (χ2n) is 5.79. The van der Waals surface area contributed by atoms with Gasteiger partial charge in [0, 0.05) is 25.6 Å². The number of rotatable bonds is 9. The van der Waals surface area contributed by atoms with Gasteiger partial charge < -0.3 is 15.4 Å². The third-order valence-corrected chi connectivity index (χ3v) is 4.20. The fourth-order valence-electron chi connectivity index (χ4n) is 2.79. The molecule has 1 fully saturated rings. The maximum atomic E-state index is 12.5. The number of halogens is 1. The fourth-order valence-corrected chi connectivity index (χ4v) is 2.79. The summed E-state index contributed by atoms with van der Waals surface area (Å²) < 4.78 is 5.79. The Morgan fingerprint density at radius 2 is 1.95 bits per heavy atom. The Morgan fingerprint density at radius 1 is 1.29 bits per heavy atom. The first-order chi connectivity index (χ1) is 9.72. The van der Waals surface area contributed by atoms with E-state index < -0.39 is 0 Å². The van der Waals surface area contributed by atoms with Crippen molar-refractivity contribution in [2.75, 3.05) is 26.2 Å². The van der Waals surface area contributed by atoms with Crippen LogP contribution >= 0.6 is 12.4 Å². The van der Waals surface area contributed by atoms with Crippen molar-refractivity contribution in [3.63, 3.8) is 0 Å². The number of amides is 1. The van der Waals surface area contributed by atoms with Gasteiger partial charge in [-0.25, -0.2) is 0 Å². The molecule has 0 aromatic heterocycles. The average Bonchev–Trinajstić information content (AvgIpc) is 2.49. The van der Waals surface area contributed by atoms with Crippen LogP contribution in [0.1, 0.15) is 58.8 Å². The molecule has 1 amide bonds. The van der Waals surface area contributed by atoms with Gasteiger partial charge in [-0.3, -0.25) is 4.79 Å². The predicted octanol–water partition coefficient (Wildman–Crippen LogP) is 2.98. The predicted molar refractivity (Wildman–Crippen MR) is 89.8 cm³/mol. The third-order valence-electron chi connectivity index (χ3n) is 4.20. The zero-order valence-electron chi connectivity index (χ0n) is 13.7. The van der Waals surface area contributed by atoms with Crippen LogP contribution in [0.2, 0.25) is 0 Å². The highest BCUT2D eigenvalue weighted by molar-refractivity contribution is 5.85. The number of nitrogens with two attached hydrogens (primary N) is 1. The first kappa shape index (κ1) is 20.7. The number of nitrogens with zero attached hydrogens (tertiary/aromatic N) is 1. The van der Waals surface area contributed by atoms with E-state index in [-0.39, 0.29) is 18.3 Å². The van der Waals surface area contributed by atoms with Crippen molar-refractivity contribution < 1.29 is 9.53 Å². The van der Waals surface area contributed by atoms with Gasteiger partial charge in [0.1, 0.15) is 0 Å². The molecule has 1 saturated heterocycles. The highest BCUT2D eigenvalue weighted by Crippen LogP contribution is 2.20. The molecule has 0 aromatic rings. The number of hydrogen-bond donors (Lipinski definition) is 1. The van der Waals surface area contributed by atoms with Crippen LogP contribution in [-0.2, 0) is 9.53 Å². The molecule has 0 spiro atoms. The van der Waals surface area contributed by atoms with E-state index in [1.807, 2.05) is 4.90 Å². The zero-order chi connectivity index (χ0) is 14.8. The van der Waals surface area contributed by atoms with Crippen molar-refractivity contribution in [3.05, 3.63) is 0 Å². The second kappa shape index (κ2) is 12.2. The molecule has 21 heavy (non-hydrogen) atoms. The van der Waals surface area contributed by atoms with E-state index in [1.54, 1.807) is 0 Å². The molecule has 0 radical (unpaired) electrons. The molecule has 2 N–H and O–H groups in total. The van der Waals surface area contributed by atoms with Crippen LogP contribution in [0, 0.1) is 5.92 Å². The number of carbonyl (C=O) groups is 1. The molecule has 0 saturated carbocycles. The molecule has 1 unspecified atom stereocenters. The largest absolute Gasteiger partial charge is 0.378 e. The third kappa shape index (κ3) is 7.48. The normalized spacial score (nSPS) is 17.4. The Morgan fingerprint density at radius 3 is 2.48 bits per heavy atom. The van der Waals surface area contributed by atoms with Gasteiger partial charge in [-0.15, -0.1) is 12.4 Å². The van der Waals surface area contributed by atoms with Crippen LogP contribution in [-0.4, -0.2) is 43.2 Å². The maximum Gasteiger partial charge on any atom is 0.225 e.